The highest BCUT2D eigenvalue weighted by Crippen LogP contribution is 2.38. The molecule has 0 spiro atoms. The quantitative estimate of drug-likeness (QED) is 0.211. The molecule has 0 bridgehead atoms. The minimum atomic E-state index is -0.354. The molecule has 7 nitrogen and oxygen atoms in total. The molecule has 1 N–H and O–H groups in total. The van der Waals surface area contributed by atoms with Gasteiger partial charge in [0.15, 0.2) is 18.1 Å². The van der Waals surface area contributed by atoms with Crippen LogP contribution in [0, 0.1) is 10.5 Å². The third kappa shape index (κ3) is 6.74. The highest BCUT2D eigenvalue weighted by molar-refractivity contribution is 14.1. The number of halogens is 2. The van der Waals surface area contributed by atoms with Crippen molar-refractivity contribution in [3.8, 4) is 11.5 Å². The summed E-state index contributed by atoms with van der Waals surface area (Å²) in [6, 6.07) is 18.5. The summed E-state index contributed by atoms with van der Waals surface area (Å²) < 4.78 is 12.8. The number of rotatable bonds is 8. The molecule has 0 saturated carbocycles. The number of nitrogens with one attached hydrogen (secondary N) is 1. The molecular formula is C27H22BrIN2O5S. The summed E-state index contributed by atoms with van der Waals surface area (Å²) in [5.74, 6) is 0.176. The van der Waals surface area contributed by atoms with Crippen LogP contribution in [0.4, 0.5) is 10.5 Å². The van der Waals surface area contributed by atoms with Crippen LogP contribution in [-0.2, 0) is 16.1 Å². The molecule has 37 heavy (non-hydrogen) atoms. The highest BCUT2D eigenvalue weighted by Gasteiger charge is 2.35. The van der Waals surface area contributed by atoms with Gasteiger partial charge in [0.1, 0.15) is 0 Å². The fourth-order valence-corrected chi connectivity index (χ4v) is 5.63. The van der Waals surface area contributed by atoms with E-state index in [1.165, 1.54) is 12.0 Å². The van der Waals surface area contributed by atoms with Crippen molar-refractivity contribution in [3.63, 3.8) is 0 Å². The highest BCUT2D eigenvalue weighted by atomic mass is 127. The SMILES string of the molecule is COc1cc(/C=C2\SC(=O)N(Cc3ccccc3Br)C2=O)cc(I)c1OCC(=O)Nc1cccc(C)c1. The van der Waals surface area contributed by atoms with Crippen molar-refractivity contribution in [2.45, 2.75) is 13.5 Å². The van der Waals surface area contributed by atoms with Gasteiger partial charge >= 0.3 is 0 Å². The van der Waals surface area contributed by atoms with E-state index in [1.807, 2.05) is 55.5 Å². The lowest BCUT2D eigenvalue weighted by atomic mass is 10.1. The number of aryl methyl sites for hydroxylation is 1. The second-order valence-corrected chi connectivity index (χ2v) is 11.1. The van der Waals surface area contributed by atoms with E-state index in [-0.39, 0.29) is 30.2 Å². The van der Waals surface area contributed by atoms with Gasteiger partial charge in [-0.25, -0.2) is 0 Å². The molecule has 0 unspecified atom stereocenters. The van der Waals surface area contributed by atoms with E-state index in [0.717, 1.165) is 27.4 Å². The van der Waals surface area contributed by atoms with E-state index in [2.05, 4.69) is 43.8 Å². The average molecular weight is 693 g/mol. The Balaban J connectivity index is 1.47. The van der Waals surface area contributed by atoms with E-state index in [0.29, 0.717) is 31.2 Å². The Labute approximate surface area is 240 Å². The predicted molar refractivity (Wildman–Crippen MR) is 157 cm³/mol. The Morgan fingerprint density at radius 1 is 1.14 bits per heavy atom. The molecule has 1 fully saturated rings. The molecule has 1 aliphatic heterocycles. The summed E-state index contributed by atoms with van der Waals surface area (Å²) in [5, 5.41) is 2.48. The van der Waals surface area contributed by atoms with Gasteiger partial charge in [-0.1, -0.05) is 46.3 Å². The van der Waals surface area contributed by atoms with Gasteiger partial charge < -0.3 is 14.8 Å². The number of anilines is 1. The molecule has 4 rings (SSSR count). The molecule has 0 aliphatic carbocycles. The van der Waals surface area contributed by atoms with Crippen LogP contribution < -0.4 is 14.8 Å². The van der Waals surface area contributed by atoms with Crippen LogP contribution in [0.25, 0.3) is 6.08 Å². The predicted octanol–water partition coefficient (Wildman–Crippen LogP) is 6.62. The number of methoxy groups -OCH3 is 1. The first-order chi connectivity index (χ1) is 17.7. The van der Waals surface area contributed by atoms with Crippen LogP contribution in [-0.4, -0.2) is 35.7 Å². The number of hydrogen-bond acceptors (Lipinski definition) is 6. The van der Waals surface area contributed by atoms with E-state index in [1.54, 1.807) is 18.2 Å². The number of nitrogens with zero attached hydrogens (tertiary/aromatic N) is 1. The fourth-order valence-electron chi connectivity index (χ4n) is 3.61. The number of carbonyl (C=O) groups excluding carboxylic acids is 3. The van der Waals surface area contributed by atoms with Crippen molar-refractivity contribution in [1.82, 2.24) is 4.90 Å². The lowest BCUT2D eigenvalue weighted by Crippen LogP contribution is -2.27. The van der Waals surface area contributed by atoms with Gasteiger partial charge in [-0.05, 0) is 94.4 Å². The van der Waals surface area contributed by atoms with Gasteiger partial charge in [0.2, 0.25) is 0 Å². The molecular weight excluding hydrogens is 671 g/mol. The summed E-state index contributed by atoms with van der Waals surface area (Å²) in [5.41, 5.74) is 3.25. The number of carbonyl (C=O) groups is 3. The van der Waals surface area contributed by atoms with Gasteiger partial charge in [0.25, 0.3) is 17.1 Å². The maximum Gasteiger partial charge on any atom is 0.293 e. The first-order valence-corrected chi connectivity index (χ1v) is 13.8. The lowest BCUT2D eigenvalue weighted by molar-refractivity contribution is -0.123. The van der Waals surface area contributed by atoms with Gasteiger partial charge in [0.05, 0.1) is 22.1 Å². The molecule has 190 valence electrons. The summed E-state index contributed by atoms with van der Waals surface area (Å²) in [7, 11) is 1.50. The van der Waals surface area contributed by atoms with Crippen LogP contribution in [0.15, 0.2) is 70.0 Å². The standard InChI is InChI=1S/C27H22BrIN2O5S/c1-16-6-5-8-19(10-16)30-24(32)15-36-25-21(29)11-17(12-22(25)35-2)13-23-26(33)31(27(34)37-23)14-18-7-3-4-9-20(18)28/h3-13H,14-15H2,1-2H3,(H,30,32)/b23-13-. The lowest BCUT2D eigenvalue weighted by Gasteiger charge is -2.14. The minimum Gasteiger partial charge on any atom is -0.493 e. The molecule has 1 heterocycles. The molecule has 0 radical (unpaired) electrons. The number of hydrogen-bond donors (Lipinski definition) is 1. The van der Waals surface area contributed by atoms with Gasteiger partial charge in [-0.2, -0.15) is 0 Å². The molecule has 0 atom stereocenters. The third-order valence-electron chi connectivity index (χ3n) is 5.36. The Morgan fingerprint density at radius 2 is 1.92 bits per heavy atom. The summed E-state index contributed by atoms with van der Waals surface area (Å²) in [4.78, 5) is 39.5. The van der Waals surface area contributed by atoms with Crippen LogP contribution in [0.2, 0.25) is 0 Å². The Morgan fingerprint density at radius 3 is 2.65 bits per heavy atom. The number of thioether (sulfide) groups is 1. The summed E-state index contributed by atoms with van der Waals surface area (Å²) >= 11 is 6.45. The number of amides is 3. The summed E-state index contributed by atoms with van der Waals surface area (Å²) in [6.45, 7) is 1.93. The zero-order valence-electron chi connectivity index (χ0n) is 19.9. The second kappa shape index (κ2) is 12.1. The second-order valence-electron chi connectivity index (χ2n) is 8.10. The fraction of sp³-hybridized carbons (Fsp3) is 0.148. The molecule has 0 aromatic heterocycles. The Kier molecular flexibility index (Phi) is 8.93. The number of ether oxygens (including phenoxy) is 2. The van der Waals surface area contributed by atoms with Crippen LogP contribution in [0.1, 0.15) is 16.7 Å². The van der Waals surface area contributed by atoms with Crippen LogP contribution in [0.5, 0.6) is 11.5 Å². The molecule has 10 heteroatoms. The van der Waals surface area contributed by atoms with Crippen molar-refractivity contribution < 1.29 is 23.9 Å². The van der Waals surface area contributed by atoms with Crippen molar-refractivity contribution in [3.05, 3.63) is 90.3 Å². The maximum atomic E-state index is 13.0. The van der Waals surface area contributed by atoms with Crippen molar-refractivity contribution >= 4 is 79.1 Å². The largest absolute Gasteiger partial charge is 0.493 e. The molecule has 3 amide bonds. The maximum absolute atomic E-state index is 13.0. The van der Waals surface area contributed by atoms with Gasteiger partial charge in [0, 0.05) is 10.2 Å². The van der Waals surface area contributed by atoms with E-state index < -0.39 is 0 Å². The van der Waals surface area contributed by atoms with Crippen molar-refractivity contribution in [1.29, 1.82) is 0 Å². The van der Waals surface area contributed by atoms with E-state index in [9.17, 15) is 14.4 Å². The zero-order valence-corrected chi connectivity index (χ0v) is 24.5. The smallest absolute Gasteiger partial charge is 0.293 e. The first-order valence-electron chi connectivity index (χ1n) is 11.1. The average Bonchev–Trinajstić information content (AvgIpc) is 3.11. The van der Waals surface area contributed by atoms with Crippen LogP contribution in [0.3, 0.4) is 0 Å². The van der Waals surface area contributed by atoms with Crippen molar-refractivity contribution in [2.24, 2.45) is 0 Å². The van der Waals surface area contributed by atoms with E-state index >= 15 is 0 Å². The van der Waals surface area contributed by atoms with Crippen LogP contribution >= 0.6 is 50.3 Å². The monoisotopic (exact) mass is 692 g/mol. The minimum absolute atomic E-state index is 0.182. The van der Waals surface area contributed by atoms with E-state index in [4.69, 9.17) is 9.47 Å². The molecule has 3 aromatic carbocycles. The topological polar surface area (TPSA) is 84.9 Å². The van der Waals surface area contributed by atoms with Gasteiger partial charge in [-0.3, -0.25) is 19.3 Å². The van der Waals surface area contributed by atoms with Crippen molar-refractivity contribution in [2.75, 3.05) is 19.0 Å². The Bertz CT molecular complexity index is 1410. The third-order valence-corrected chi connectivity index (χ3v) is 7.84. The summed E-state index contributed by atoms with van der Waals surface area (Å²) in [6.07, 6.45) is 1.66. The van der Waals surface area contributed by atoms with Gasteiger partial charge in [-0.15, -0.1) is 0 Å². The normalized spacial score (nSPS) is 14.3. The Hall–Kier alpha value is -2.83. The number of imide groups is 1. The molecule has 1 saturated heterocycles. The molecule has 3 aromatic rings. The zero-order chi connectivity index (χ0) is 26.5. The number of benzene rings is 3. The molecule has 1 aliphatic rings. The first kappa shape index (κ1) is 27.2.